The molecular formula is C15H21N3O3. The maximum atomic E-state index is 12.3. The summed E-state index contributed by atoms with van der Waals surface area (Å²) in [6.07, 6.45) is 1.90. The second-order valence-corrected chi connectivity index (χ2v) is 5.49. The van der Waals surface area contributed by atoms with Gasteiger partial charge in [-0.2, -0.15) is 0 Å². The fourth-order valence-corrected chi connectivity index (χ4v) is 2.52. The minimum atomic E-state index is -0.951. The number of aromatic carboxylic acids is 1. The number of likely N-dealkylation sites (tertiary alicyclic amines) is 1. The molecule has 0 bridgehead atoms. The van der Waals surface area contributed by atoms with Gasteiger partial charge in [0, 0.05) is 32.7 Å². The highest BCUT2D eigenvalue weighted by molar-refractivity contribution is 5.87. The molecule has 0 saturated carbocycles. The van der Waals surface area contributed by atoms with E-state index >= 15 is 0 Å². The highest BCUT2D eigenvalue weighted by Gasteiger charge is 2.23. The number of carbonyl (C=O) groups excluding carboxylic acids is 1. The zero-order valence-electron chi connectivity index (χ0n) is 12.2. The Bertz CT molecular complexity index is 515. The Morgan fingerprint density at radius 3 is 2.62 bits per heavy atom. The summed E-state index contributed by atoms with van der Waals surface area (Å²) in [4.78, 5) is 26.5. The van der Waals surface area contributed by atoms with Gasteiger partial charge in [-0.3, -0.25) is 0 Å². The molecule has 1 saturated heterocycles. The van der Waals surface area contributed by atoms with Crippen molar-refractivity contribution in [1.82, 2.24) is 9.80 Å². The molecule has 0 spiro atoms. The summed E-state index contributed by atoms with van der Waals surface area (Å²) in [5.41, 5.74) is 7.04. The Morgan fingerprint density at radius 1 is 1.38 bits per heavy atom. The molecule has 0 radical (unpaired) electrons. The fraction of sp³-hybridized carbons (Fsp3) is 0.467. The Kier molecular flexibility index (Phi) is 4.80. The highest BCUT2D eigenvalue weighted by Crippen LogP contribution is 2.12. The monoisotopic (exact) mass is 291 g/mol. The van der Waals surface area contributed by atoms with Crippen molar-refractivity contribution in [2.45, 2.75) is 25.4 Å². The standard InChI is InChI=1S/C15H21N3O3/c1-17(15(21)18-8-2-3-13(16)10-18)9-11-4-6-12(7-5-11)14(19)20/h4-7,13H,2-3,8-10,16H2,1H3,(H,19,20). The molecule has 6 nitrogen and oxygen atoms in total. The number of amides is 2. The van der Waals surface area contributed by atoms with Crippen LogP contribution < -0.4 is 5.73 Å². The zero-order chi connectivity index (χ0) is 15.4. The molecule has 1 atom stereocenters. The molecule has 1 aliphatic heterocycles. The summed E-state index contributed by atoms with van der Waals surface area (Å²) >= 11 is 0. The van der Waals surface area contributed by atoms with Crippen molar-refractivity contribution in [1.29, 1.82) is 0 Å². The molecule has 1 aliphatic rings. The molecule has 0 aliphatic carbocycles. The van der Waals surface area contributed by atoms with Crippen LogP contribution in [0, 0.1) is 0 Å². The van der Waals surface area contributed by atoms with E-state index in [1.807, 2.05) is 0 Å². The maximum absolute atomic E-state index is 12.3. The van der Waals surface area contributed by atoms with E-state index in [0.29, 0.717) is 13.1 Å². The van der Waals surface area contributed by atoms with Crippen LogP contribution in [0.4, 0.5) is 4.79 Å². The van der Waals surface area contributed by atoms with Crippen LogP contribution in [0.5, 0.6) is 0 Å². The Balaban J connectivity index is 1.95. The lowest BCUT2D eigenvalue weighted by atomic mass is 10.1. The molecule has 1 aromatic carbocycles. The second-order valence-electron chi connectivity index (χ2n) is 5.49. The molecule has 2 rings (SSSR count). The Hall–Kier alpha value is -2.08. The SMILES string of the molecule is CN(Cc1ccc(C(=O)O)cc1)C(=O)N1CCCC(N)C1. The van der Waals surface area contributed by atoms with Crippen LogP contribution in [0.3, 0.4) is 0 Å². The van der Waals surface area contributed by atoms with Crippen LogP contribution in [0.1, 0.15) is 28.8 Å². The summed E-state index contributed by atoms with van der Waals surface area (Å²) in [6, 6.07) is 6.59. The lowest BCUT2D eigenvalue weighted by molar-refractivity contribution is 0.0696. The van der Waals surface area contributed by atoms with Gasteiger partial charge in [-0.15, -0.1) is 0 Å². The molecule has 6 heteroatoms. The van der Waals surface area contributed by atoms with E-state index in [4.69, 9.17) is 10.8 Å². The highest BCUT2D eigenvalue weighted by atomic mass is 16.4. The second kappa shape index (κ2) is 6.58. The number of piperidine rings is 1. The molecule has 2 amide bonds. The predicted molar refractivity (Wildman–Crippen MR) is 79.0 cm³/mol. The normalized spacial score (nSPS) is 18.4. The molecular weight excluding hydrogens is 270 g/mol. The molecule has 3 N–H and O–H groups in total. The van der Waals surface area contributed by atoms with Crippen LogP contribution in [0.25, 0.3) is 0 Å². The van der Waals surface area contributed by atoms with Gasteiger partial charge in [0.2, 0.25) is 0 Å². The number of carboxylic acid groups (broad SMARTS) is 1. The minimum Gasteiger partial charge on any atom is -0.478 e. The first kappa shape index (κ1) is 15.3. The quantitative estimate of drug-likeness (QED) is 0.880. The van der Waals surface area contributed by atoms with Crippen LogP contribution in [0.2, 0.25) is 0 Å². The summed E-state index contributed by atoms with van der Waals surface area (Å²) in [7, 11) is 1.74. The number of nitrogens with two attached hydrogens (primary N) is 1. The Morgan fingerprint density at radius 2 is 2.05 bits per heavy atom. The number of nitrogens with zero attached hydrogens (tertiary/aromatic N) is 2. The third-order valence-electron chi connectivity index (χ3n) is 3.68. The van der Waals surface area contributed by atoms with Crippen LogP contribution in [0.15, 0.2) is 24.3 Å². The van der Waals surface area contributed by atoms with E-state index in [1.165, 1.54) is 0 Å². The third-order valence-corrected chi connectivity index (χ3v) is 3.68. The molecule has 0 aromatic heterocycles. The number of rotatable bonds is 3. The van der Waals surface area contributed by atoms with Gasteiger partial charge in [-0.25, -0.2) is 9.59 Å². The molecule has 1 aromatic rings. The molecule has 1 fully saturated rings. The fourth-order valence-electron chi connectivity index (χ4n) is 2.52. The number of benzene rings is 1. The van der Waals surface area contributed by atoms with Crippen molar-refractivity contribution >= 4 is 12.0 Å². The average molecular weight is 291 g/mol. The lowest BCUT2D eigenvalue weighted by Crippen LogP contribution is -2.49. The third kappa shape index (κ3) is 3.95. The number of carbonyl (C=O) groups is 2. The van der Waals surface area contributed by atoms with Crippen molar-refractivity contribution in [3.05, 3.63) is 35.4 Å². The van der Waals surface area contributed by atoms with E-state index in [2.05, 4.69) is 0 Å². The summed E-state index contributed by atoms with van der Waals surface area (Å²) in [6.45, 7) is 1.79. The van der Waals surface area contributed by atoms with Gasteiger partial charge in [0.1, 0.15) is 0 Å². The van der Waals surface area contributed by atoms with Crippen molar-refractivity contribution in [2.24, 2.45) is 5.73 Å². The van der Waals surface area contributed by atoms with Crippen LogP contribution >= 0.6 is 0 Å². The summed E-state index contributed by atoms with van der Waals surface area (Å²) in [5.74, 6) is -0.951. The number of urea groups is 1. The lowest BCUT2D eigenvalue weighted by Gasteiger charge is -2.33. The van der Waals surface area contributed by atoms with Gasteiger partial charge < -0.3 is 20.6 Å². The Labute approximate surface area is 124 Å². The van der Waals surface area contributed by atoms with E-state index in [1.54, 1.807) is 41.1 Å². The van der Waals surface area contributed by atoms with Crippen molar-refractivity contribution in [3.8, 4) is 0 Å². The first-order valence-corrected chi connectivity index (χ1v) is 7.05. The topological polar surface area (TPSA) is 86.9 Å². The molecule has 1 heterocycles. The van der Waals surface area contributed by atoms with E-state index < -0.39 is 5.97 Å². The van der Waals surface area contributed by atoms with Gasteiger partial charge in [0.25, 0.3) is 0 Å². The summed E-state index contributed by atoms with van der Waals surface area (Å²) < 4.78 is 0. The minimum absolute atomic E-state index is 0.0348. The van der Waals surface area contributed by atoms with Gasteiger partial charge in [0.05, 0.1) is 5.56 Å². The van der Waals surface area contributed by atoms with Crippen LogP contribution in [-0.2, 0) is 6.54 Å². The number of hydrogen-bond acceptors (Lipinski definition) is 3. The van der Waals surface area contributed by atoms with Crippen molar-refractivity contribution in [3.63, 3.8) is 0 Å². The van der Waals surface area contributed by atoms with Gasteiger partial charge >= 0.3 is 12.0 Å². The summed E-state index contributed by atoms with van der Waals surface area (Å²) in [5, 5.41) is 8.86. The van der Waals surface area contributed by atoms with Gasteiger partial charge in [-0.05, 0) is 30.5 Å². The molecule has 114 valence electrons. The zero-order valence-corrected chi connectivity index (χ0v) is 12.2. The van der Waals surface area contributed by atoms with E-state index in [0.717, 1.165) is 24.9 Å². The first-order chi connectivity index (χ1) is 9.97. The average Bonchev–Trinajstić information content (AvgIpc) is 2.47. The number of carboxylic acids is 1. The van der Waals surface area contributed by atoms with Gasteiger partial charge in [-0.1, -0.05) is 12.1 Å². The predicted octanol–water partition coefficient (Wildman–Crippen LogP) is 1.36. The van der Waals surface area contributed by atoms with Gasteiger partial charge in [0.15, 0.2) is 0 Å². The molecule has 1 unspecified atom stereocenters. The van der Waals surface area contributed by atoms with E-state index in [9.17, 15) is 9.59 Å². The number of hydrogen-bond donors (Lipinski definition) is 2. The molecule has 21 heavy (non-hydrogen) atoms. The van der Waals surface area contributed by atoms with Crippen molar-refractivity contribution < 1.29 is 14.7 Å². The van der Waals surface area contributed by atoms with Crippen LogP contribution in [-0.4, -0.2) is 53.1 Å². The first-order valence-electron chi connectivity index (χ1n) is 7.05. The smallest absolute Gasteiger partial charge is 0.335 e. The maximum Gasteiger partial charge on any atom is 0.335 e. The van der Waals surface area contributed by atoms with E-state index in [-0.39, 0.29) is 17.6 Å². The largest absolute Gasteiger partial charge is 0.478 e. The van der Waals surface area contributed by atoms with Crippen molar-refractivity contribution in [2.75, 3.05) is 20.1 Å².